The summed E-state index contributed by atoms with van der Waals surface area (Å²) in [7, 11) is 0. The molecule has 0 aliphatic rings. The van der Waals surface area contributed by atoms with Crippen LogP contribution in [0.5, 0.6) is 0 Å². The Morgan fingerprint density at radius 1 is 0.247 bits per heavy atom. The maximum atomic E-state index is 12.9. The Morgan fingerprint density at radius 2 is 0.429 bits per heavy atom. The zero-order valence-corrected chi connectivity index (χ0v) is 52.3. The Balaban J connectivity index is 4.29. The highest BCUT2D eigenvalue weighted by atomic mass is 16.6. The number of hydrogen-bond donors (Lipinski definition) is 0. The van der Waals surface area contributed by atoms with Crippen LogP contribution in [0, 0.1) is 0 Å². The predicted molar refractivity (Wildman–Crippen MR) is 335 cm³/mol. The van der Waals surface area contributed by atoms with Gasteiger partial charge in [-0.05, 0) is 70.6 Å². The van der Waals surface area contributed by atoms with Crippen LogP contribution in [0.2, 0.25) is 0 Å². The third-order valence-electron chi connectivity index (χ3n) is 15.9. The molecular weight excluding hydrogens is 949 g/mol. The molecule has 0 aliphatic heterocycles. The first kappa shape index (κ1) is 74.9. The molecule has 0 spiro atoms. The predicted octanol–water partition coefficient (Wildman–Crippen LogP) is 23.8. The summed E-state index contributed by atoms with van der Waals surface area (Å²) in [6, 6.07) is 0. The Bertz CT molecular complexity index is 1170. The molecule has 0 radical (unpaired) electrons. The lowest BCUT2D eigenvalue weighted by Gasteiger charge is -2.18. The van der Waals surface area contributed by atoms with Gasteiger partial charge in [-0.2, -0.15) is 0 Å². The van der Waals surface area contributed by atoms with Gasteiger partial charge in [-0.25, -0.2) is 0 Å². The van der Waals surface area contributed by atoms with Crippen LogP contribution in [-0.4, -0.2) is 37.2 Å². The number of allylic oxidation sites excluding steroid dienone is 4. The van der Waals surface area contributed by atoms with Gasteiger partial charge in [0, 0.05) is 19.3 Å². The highest BCUT2D eigenvalue weighted by Gasteiger charge is 2.19. The van der Waals surface area contributed by atoms with Crippen molar-refractivity contribution in [3.63, 3.8) is 0 Å². The van der Waals surface area contributed by atoms with Gasteiger partial charge in [0.2, 0.25) is 0 Å². The largest absolute Gasteiger partial charge is 0.462 e. The summed E-state index contributed by atoms with van der Waals surface area (Å²) in [5.41, 5.74) is 0. The van der Waals surface area contributed by atoms with E-state index in [9.17, 15) is 14.4 Å². The molecule has 0 amide bonds. The standard InChI is InChI=1S/C71H134O6/c1-4-7-10-13-16-19-22-25-28-31-33-35-37-40-42-45-48-51-54-57-60-63-69(72)75-66-68(77-71(74)65-62-59-56-53-50-47-44-39-30-27-24-21-18-15-12-9-6-3)67-76-70(73)64-61-58-55-52-49-46-43-41-38-36-34-32-29-26-23-20-17-14-11-8-5-2/h25-26,28-29,68H,4-24,27,30-67H2,1-3H3/b28-25-,29-26-. The molecule has 0 unspecified atom stereocenters. The van der Waals surface area contributed by atoms with Crippen molar-refractivity contribution in [2.75, 3.05) is 13.2 Å². The molecule has 0 aromatic carbocycles. The average molecular weight is 1080 g/mol. The maximum Gasteiger partial charge on any atom is 0.306 e. The number of carbonyl (C=O) groups excluding carboxylic acids is 3. The van der Waals surface area contributed by atoms with Crippen LogP contribution in [-0.2, 0) is 28.6 Å². The van der Waals surface area contributed by atoms with Gasteiger partial charge in [0.25, 0.3) is 0 Å². The van der Waals surface area contributed by atoms with E-state index in [-0.39, 0.29) is 31.1 Å². The molecular formula is C71H134O6. The molecule has 0 atom stereocenters. The number of unbranched alkanes of at least 4 members (excludes halogenated alkanes) is 50. The summed E-state index contributed by atoms with van der Waals surface area (Å²) in [5.74, 6) is -0.834. The summed E-state index contributed by atoms with van der Waals surface area (Å²) < 4.78 is 17.0. The molecule has 454 valence electrons. The van der Waals surface area contributed by atoms with Gasteiger partial charge in [0.05, 0.1) is 0 Å². The number of ether oxygens (including phenoxy) is 3. The first-order valence-corrected chi connectivity index (χ1v) is 34.8. The van der Waals surface area contributed by atoms with Gasteiger partial charge in [0.1, 0.15) is 13.2 Å². The van der Waals surface area contributed by atoms with E-state index in [1.165, 1.54) is 295 Å². The minimum Gasteiger partial charge on any atom is -0.462 e. The van der Waals surface area contributed by atoms with Crippen molar-refractivity contribution >= 4 is 17.9 Å². The van der Waals surface area contributed by atoms with Crippen LogP contribution in [0.1, 0.15) is 393 Å². The van der Waals surface area contributed by atoms with E-state index in [0.717, 1.165) is 57.8 Å². The van der Waals surface area contributed by atoms with E-state index in [1.54, 1.807) is 0 Å². The highest BCUT2D eigenvalue weighted by Crippen LogP contribution is 2.18. The SMILES string of the molecule is CCCCCCCC/C=C\CCCCCCCCCCCCCC(=O)OCC(COC(=O)CCCCCCCCCCCCC/C=C\CCCCCCCC)OC(=O)CCCCCCCCCCCCCCCCCCC. The monoisotopic (exact) mass is 1080 g/mol. The van der Waals surface area contributed by atoms with Crippen molar-refractivity contribution in [1.82, 2.24) is 0 Å². The average Bonchev–Trinajstić information content (AvgIpc) is 3.43. The van der Waals surface area contributed by atoms with E-state index >= 15 is 0 Å². The molecule has 0 bridgehead atoms. The van der Waals surface area contributed by atoms with Crippen LogP contribution in [0.4, 0.5) is 0 Å². The Hall–Kier alpha value is -2.11. The Kier molecular flexibility index (Phi) is 64.6. The third-order valence-corrected chi connectivity index (χ3v) is 15.9. The smallest absolute Gasteiger partial charge is 0.306 e. The van der Waals surface area contributed by atoms with E-state index in [0.29, 0.717) is 19.3 Å². The van der Waals surface area contributed by atoms with Crippen LogP contribution in [0.15, 0.2) is 24.3 Å². The minimum absolute atomic E-state index is 0.0659. The van der Waals surface area contributed by atoms with Gasteiger partial charge < -0.3 is 14.2 Å². The first-order valence-electron chi connectivity index (χ1n) is 34.8. The van der Waals surface area contributed by atoms with E-state index < -0.39 is 6.10 Å². The Morgan fingerprint density at radius 3 is 0.649 bits per heavy atom. The summed E-state index contributed by atoms with van der Waals surface area (Å²) in [4.78, 5) is 38.4. The number of rotatable bonds is 65. The van der Waals surface area contributed by atoms with Gasteiger partial charge in [-0.3, -0.25) is 14.4 Å². The van der Waals surface area contributed by atoms with Gasteiger partial charge in [0.15, 0.2) is 6.10 Å². The van der Waals surface area contributed by atoms with Gasteiger partial charge in [-0.1, -0.05) is 328 Å². The lowest BCUT2D eigenvalue weighted by atomic mass is 10.0. The summed E-state index contributed by atoms with van der Waals surface area (Å²) in [6.07, 6.45) is 80.5. The summed E-state index contributed by atoms with van der Waals surface area (Å²) in [6.45, 7) is 6.72. The Labute approximate surface area is 481 Å². The molecule has 0 aromatic heterocycles. The lowest BCUT2D eigenvalue weighted by molar-refractivity contribution is -0.167. The molecule has 6 nitrogen and oxygen atoms in total. The highest BCUT2D eigenvalue weighted by molar-refractivity contribution is 5.71. The first-order chi connectivity index (χ1) is 38.0. The van der Waals surface area contributed by atoms with Crippen LogP contribution in [0.25, 0.3) is 0 Å². The van der Waals surface area contributed by atoms with Crippen molar-refractivity contribution in [2.45, 2.75) is 399 Å². The summed E-state index contributed by atoms with van der Waals surface area (Å²) >= 11 is 0. The fourth-order valence-corrected chi connectivity index (χ4v) is 10.7. The third kappa shape index (κ3) is 64.6. The molecule has 77 heavy (non-hydrogen) atoms. The molecule has 6 heteroatoms. The maximum absolute atomic E-state index is 12.9. The van der Waals surface area contributed by atoms with Gasteiger partial charge in [-0.15, -0.1) is 0 Å². The van der Waals surface area contributed by atoms with Crippen LogP contribution < -0.4 is 0 Å². The van der Waals surface area contributed by atoms with E-state index in [2.05, 4.69) is 45.1 Å². The number of hydrogen-bond acceptors (Lipinski definition) is 6. The quantitative estimate of drug-likeness (QED) is 0.0261. The van der Waals surface area contributed by atoms with Crippen molar-refractivity contribution < 1.29 is 28.6 Å². The second-order valence-electron chi connectivity index (χ2n) is 23.8. The zero-order chi connectivity index (χ0) is 55.7. The molecule has 0 heterocycles. The minimum atomic E-state index is -0.769. The number of carbonyl (C=O) groups is 3. The zero-order valence-electron chi connectivity index (χ0n) is 52.3. The second-order valence-corrected chi connectivity index (χ2v) is 23.8. The lowest BCUT2D eigenvalue weighted by Crippen LogP contribution is -2.30. The molecule has 0 aliphatic carbocycles. The van der Waals surface area contributed by atoms with E-state index in [4.69, 9.17) is 14.2 Å². The molecule has 0 aromatic rings. The van der Waals surface area contributed by atoms with Crippen molar-refractivity contribution in [2.24, 2.45) is 0 Å². The van der Waals surface area contributed by atoms with Crippen molar-refractivity contribution in [1.29, 1.82) is 0 Å². The van der Waals surface area contributed by atoms with Crippen LogP contribution >= 0.6 is 0 Å². The fraction of sp³-hybridized carbons (Fsp3) is 0.901. The fourth-order valence-electron chi connectivity index (χ4n) is 10.7. The van der Waals surface area contributed by atoms with Crippen molar-refractivity contribution in [3.8, 4) is 0 Å². The van der Waals surface area contributed by atoms with Crippen molar-refractivity contribution in [3.05, 3.63) is 24.3 Å². The second kappa shape index (κ2) is 66.4. The number of esters is 3. The van der Waals surface area contributed by atoms with Gasteiger partial charge >= 0.3 is 17.9 Å². The topological polar surface area (TPSA) is 78.9 Å². The molecule has 0 rings (SSSR count). The molecule has 0 saturated heterocycles. The molecule has 0 fully saturated rings. The van der Waals surface area contributed by atoms with E-state index in [1.807, 2.05) is 0 Å². The van der Waals surface area contributed by atoms with Crippen LogP contribution in [0.3, 0.4) is 0 Å². The molecule has 0 N–H and O–H groups in total. The molecule has 0 saturated carbocycles. The normalized spacial score (nSPS) is 11.7. The summed E-state index contributed by atoms with van der Waals surface area (Å²) in [5, 5.41) is 0.